The van der Waals surface area contributed by atoms with E-state index in [9.17, 15) is 4.79 Å². The van der Waals surface area contributed by atoms with Gasteiger partial charge < -0.3 is 14.7 Å². The highest BCUT2D eigenvalue weighted by Gasteiger charge is 2.24. The lowest BCUT2D eigenvalue weighted by molar-refractivity contribution is -0.121. The number of fused-ring (bicyclic) bond motifs is 1. The summed E-state index contributed by atoms with van der Waals surface area (Å²) in [4.78, 5) is 13.2. The van der Waals surface area contributed by atoms with E-state index in [0.717, 1.165) is 17.9 Å². The molecule has 0 spiro atoms. The fourth-order valence-corrected chi connectivity index (χ4v) is 1.81. The molecule has 0 aliphatic carbocycles. The van der Waals surface area contributed by atoms with Crippen molar-refractivity contribution in [1.29, 1.82) is 0 Å². The van der Waals surface area contributed by atoms with Crippen LogP contribution in [0.25, 0.3) is 0 Å². The Bertz CT molecular complexity index is 403. The van der Waals surface area contributed by atoms with Crippen LogP contribution in [0.15, 0.2) is 18.2 Å². The molecule has 0 fully saturated rings. The molecule has 1 amide bonds. The molecule has 0 bridgehead atoms. The smallest absolute Gasteiger partial charge is 0.265 e. The molecule has 2 rings (SSSR count). The molecule has 1 aromatic rings. The van der Waals surface area contributed by atoms with Crippen LogP contribution in [-0.4, -0.2) is 30.8 Å². The Kier molecular flexibility index (Phi) is 3.10. The first-order valence-corrected chi connectivity index (χ1v) is 5.43. The minimum atomic E-state index is -0.106. The first-order chi connectivity index (χ1) is 7.76. The molecule has 1 aromatic carbocycles. The average Bonchev–Trinajstić information content (AvgIpc) is 2.32. The highest BCUT2D eigenvalue weighted by atomic mass is 16.5. The molecule has 4 heteroatoms. The second-order valence-corrected chi connectivity index (χ2v) is 3.71. The number of ether oxygens (including phenoxy) is 1. The van der Waals surface area contributed by atoms with Crippen molar-refractivity contribution in [3.63, 3.8) is 0 Å². The van der Waals surface area contributed by atoms with Crippen LogP contribution in [0.3, 0.4) is 0 Å². The lowest BCUT2D eigenvalue weighted by Crippen LogP contribution is -2.40. The van der Waals surface area contributed by atoms with Gasteiger partial charge >= 0.3 is 0 Å². The van der Waals surface area contributed by atoms with Crippen LogP contribution in [0.4, 0.5) is 5.69 Å². The van der Waals surface area contributed by atoms with E-state index in [1.165, 1.54) is 5.56 Å². The maximum absolute atomic E-state index is 11.6. The SMILES string of the molecule is CCc1ccc2c(c1)OCC(=O)N2CCO. The number of rotatable bonds is 3. The van der Waals surface area contributed by atoms with Crippen molar-refractivity contribution < 1.29 is 14.6 Å². The fourth-order valence-electron chi connectivity index (χ4n) is 1.81. The molecule has 1 aliphatic heterocycles. The first kappa shape index (κ1) is 11.0. The Labute approximate surface area is 94.4 Å². The second kappa shape index (κ2) is 4.53. The van der Waals surface area contributed by atoms with Gasteiger partial charge in [0.25, 0.3) is 5.91 Å². The molecule has 0 radical (unpaired) electrons. The summed E-state index contributed by atoms with van der Waals surface area (Å²) >= 11 is 0. The number of aryl methyl sites for hydroxylation is 1. The number of hydrogen-bond acceptors (Lipinski definition) is 3. The van der Waals surface area contributed by atoms with Gasteiger partial charge in [0.1, 0.15) is 5.75 Å². The van der Waals surface area contributed by atoms with Crippen LogP contribution in [0.1, 0.15) is 12.5 Å². The molecular weight excluding hydrogens is 206 g/mol. The van der Waals surface area contributed by atoms with Crippen LogP contribution in [0.2, 0.25) is 0 Å². The number of nitrogens with zero attached hydrogens (tertiary/aromatic N) is 1. The third-order valence-corrected chi connectivity index (χ3v) is 2.70. The van der Waals surface area contributed by atoms with Gasteiger partial charge in [0.2, 0.25) is 0 Å². The quantitative estimate of drug-likeness (QED) is 0.827. The Morgan fingerprint density at radius 1 is 1.50 bits per heavy atom. The van der Waals surface area contributed by atoms with Gasteiger partial charge in [-0.2, -0.15) is 0 Å². The summed E-state index contributed by atoms with van der Waals surface area (Å²) < 4.78 is 5.38. The number of benzene rings is 1. The highest BCUT2D eigenvalue weighted by Crippen LogP contribution is 2.32. The van der Waals surface area contributed by atoms with Crippen molar-refractivity contribution in [2.24, 2.45) is 0 Å². The predicted octanol–water partition coefficient (Wildman–Crippen LogP) is 0.967. The minimum Gasteiger partial charge on any atom is -0.482 e. The molecule has 1 N–H and O–H groups in total. The highest BCUT2D eigenvalue weighted by molar-refractivity contribution is 5.97. The summed E-state index contributed by atoms with van der Waals surface area (Å²) in [5.41, 5.74) is 1.93. The monoisotopic (exact) mass is 221 g/mol. The Balaban J connectivity index is 2.36. The number of carbonyl (C=O) groups excluding carboxylic acids is 1. The number of anilines is 1. The molecule has 0 atom stereocenters. The summed E-state index contributed by atoms with van der Waals surface area (Å²) in [5, 5.41) is 8.93. The van der Waals surface area contributed by atoms with E-state index in [1.54, 1.807) is 4.90 Å². The van der Waals surface area contributed by atoms with Crippen molar-refractivity contribution in [2.75, 3.05) is 24.7 Å². The summed E-state index contributed by atoms with van der Waals surface area (Å²) in [5.74, 6) is 0.623. The number of amides is 1. The molecule has 1 heterocycles. The van der Waals surface area contributed by atoms with Crippen LogP contribution in [-0.2, 0) is 11.2 Å². The van der Waals surface area contributed by atoms with Gasteiger partial charge in [0.05, 0.1) is 12.3 Å². The van der Waals surface area contributed by atoms with Crippen LogP contribution in [0.5, 0.6) is 5.75 Å². The number of aliphatic hydroxyl groups excluding tert-OH is 1. The zero-order valence-electron chi connectivity index (χ0n) is 9.27. The second-order valence-electron chi connectivity index (χ2n) is 3.71. The first-order valence-electron chi connectivity index (χ1n) is 5.43. The molecule has 0 saturated carbocycles. The van der Waals surface area contributed by atoms with E-state index in [2.05, 4.69) is 6.92 Å². The summed E-state index contributed by atoms with van der Waals surface area (Å²) in [6.07, 6.45) is 0.935. The zero-order valence-corrected chi connectivity index (χ0v) is 9.27. The van der Waals surface area contributed by atoms with Crippen molar-refractivity contribution in [3.05, 3.63) is 23.8 Å². The van der Waals surface area contributed by atoms with E-state index in [0.29, 0.717) is 6.54 Å². The van der Waals surface area contributed by atoms with Crippen LogP contribution >= 0.6 is 0 Å². The van der Waals surface area contributed by atoms with Gasteiger partial charge in [-0.25, -0.2) is 0 Å². The number of β-amino-alcohol motifs (C(OH)–C–C–N with tert-alkyl or cyclic N) is 1. The van der Waals surface area contributed by atoms with Gasteiger partial charge in [-0.3, -0.25) is 4.79 Å². The largest absolute Gasteiger partial charge is 0.482 e. The molecule has 86 valence electrons. The van der Waals surface area contributed by atoms with Crippen molar-refractivity contribution in [3.8, 4) is 5.75 Å². The van der Waals surface area contributed by atoms with Crippen molar-refractivity contribution in [2.45, 2.75) is 13.3 Å². The third-order valence-electron chi connectivity index (χ3n) is 2.70. The topological polar surface area (TPSA) is 49.8 Å². The maximum atomic E-state index is 11.6. The van der Waals surface area contributed by atoms with E-state index in [4.69, 9.17) is 9.84 Å². The lowest BCUT2D eigenvalue weighted by Gasteiger charge is -2.29. The Morgan fingerprint density at radius 2 is 2.31 bits per heavy atom. The third kappa shape index (κ3) is 1.88. The Hall–Kier alpha value is -1.55. The molecule has 4 nitrogen and oxygen atoms in total. The number of aliphatic hydroxyl groups is 1. The molecule has 0 aromatic heterocycles. The van der Waals surface area contributed by atoms with Gasteiger partial charge in [0.15, 0.2) is 6.61 Å². The normalized spacial score (nSPS) is 14.6. The standard InChI is InChI=1S/C12H15NO3/c1-2-9-3-4-10-11(7-9)16-8-12(15)13(10)5-6-14/h3-4,7,14H,2,5-6,8H2,1H3. The van der Waals surface area contributed by atoms with E-state index < -0.39 is 0 Å². The number of hydrogen-bond donors (Lipinski definition) is 1. The Morgan fingerprint density at radius 3 is 3.00 bits per heavy atom. The minimum absolute atomic E-state index is 0.0410. The zero-order chi connectivity index (χ0) is 11.5. The van der Waals surface area contributed by atoms with Crippen molar-refractivity contribution >= 4 is 11.6 Å². The van der Waals surface area contributed by atoms with Crippen LogP contribution in [0, 0.1) is 0 Å². The molecule has 0 saturated heterocycles. The van der Waals surface area contributed by atoms with Gasteiger partial charge in [-0.1, -0.05) is 13.0 Å². The average molecular weight is 221 g/mol. The molecule has 16 heavy (non-hydrogen) atoms. The molecule has 0 unspecified atom stereocenters. The maximum Gasteiger partial charge on any atom is 0.265 e. The lowest BCUT2D eigenvalue weighted by atomic mass is 10.1. The van der Waals surface area contributed by atoms with E-state index >= 15 is 0 Å². The summed E-state index contributed by atoms with van der Waals surface area (Å²) in [7, 11) is 0. The summed E-state index contributed by atoms with van der Waals surface area (Å²) in [6, 6.07) is 5.80. The molecule has 1 aliphatic rings. The fraction of sp³-hybridized carbons (Fsp3) is 0.417. The number of carbonyl (C=O) groups is 1. The van der Waals surface area contributed by atoms with Gasteiger partial charge in [-0.05, 0) is 24.1 Å². The predicted molar refractivity (Wildman–Crippen MR) is 60.8 cm³/mol. The van der Waals surface area contributed by atoms with Crippen molar-refractivity contribution in [1.82, 2.24) is 0 Å². The van der Waals surface area contributed by atoms with E-state index in [1.807, 2.05) is 18.2 Å². The molecular formula is C12H15NO3. The van der Waals surface area contributed by atoms with Gasteiger partial charge in [0, 0.05) is 6.54 Å². The van der Waals surface area contributed by atoms with Gasteiger partial charge in [-0.15, -0.1) is 0 Å². The van der Waals surface area contributed by atoms with Crippen LogP contribution < -0.4 is 9.64 Å². The summed E-state index contributed by atoms with van der Waals surface area (Å²) in [6.45, 7) is 2.41. The van der Waals surface area contributed by atoms with E-state index in [-0.39, 0.29) is 19.1 Å².